The summed E-state index contributed by atoms with van der Waals surface area (Å²) in [7, 11) is 0. The first-order valence-corrected chi connectivity index (χ1v) is 11.2. The number of rotatable bonds is 4. The van der Waals surface area contributed by atoms with Gasteiger partial charge in [0.2, 0.25) is 5.91 Å². The number of piperidine rings is 1. The topological polar surface area (TPSA) is 75.2 Å². The Morgan fingerprint density at radius 2 is 1.97 bits per heavy atom. The second-order valence-electron chi connectivity index (χ2n) is 7.76. The van der Waals surface area contributed by atoms with Gasteiger partial charge in [-0.2, -0.15) is 0 Å². The zero-order chi connectivity index (χ0) is 21.3. The van der Waals surface area contributed by atoms with Crippen LogP contribution in [0, 0.1) is 19.8 Å². The molecule has 1 fully saturated rings. The number of aromatic nitrogens is 2. The van der Waals surface area contributed by atoms with E-state index in [1.807, 2.05) is 56.0 Å². The molecule has 0 radical (unpaired) electrons. The number of amides is 2. The zero-order valence-corrected chi connectivity index (χ0v) is 18.4. The highest BCUT2D eigenvalue weighted by molar-refractivity contribution is 7.20. The van der Waals surface area contributed by atoms with Crippen LogP contribution in [0.5, 0.6) is 0 Å². The summed E-state index contributed by atoms with van der Waals surface area (Å²) >= 11 is 1.44. The van der Waals surface area contributed by atoms with Crippen molar-refractivity contribution < 1.29 is 9.59 Å². The first-order chi connectivity index (χ1) is 14.5. The monoisotopic (exact) mass is 422 g/mol. The van der Waals surface area contributed by atoms with Crippen LogP contribution >= 0.6 is 11.3 Å². The number of anilines is 1. The Morgan fingerprint density at radius 1 is 1.20 bits per heavy atom. The molecule has 0 bridgehead atoms. The highest BCUT2D eigenvalue weighted by atomic mass is 32.1. The molecule has 1 aromatic carbocycles. The van der Waals surface area contributed by atoms with E-state index in [0.29, 0.717) is 18.0 Å². The fraction of sp³-hybridized carbons (Fsp3) is 0.391. The third-order valence-electron chi connectivity index (χ3n) is 5.65. The predicted octanol–water partition coefficient (Wildman–Crippen LogP) is 4.36. The summed E-state index contributed by atoms with van der Waals surface area (Å²) in [5.41, 5.74) is 2.64. The lowest BCUT2D eigenvalue weighted by molar-refractivity contribution is -0.121. The first-order valence-electron chi connectivity index (χ1n) is 10.4. The summed E-state index contributed by atoms with van der Waals surface area (Å²) < 4.78 is 0. The molecule has 1 atom stereocenters. The number of nitrogens with zero attached hydrogens (tertiary/aromatic N) is 3. The van der Waals surface area contributed by atoms with Gasteiger partial charge in [-0.3, -0.25) is 9.59 Å². The van der Waals surface area contributed by atoms with E-state index in [9.17, 15) is 9.59 Å². The molecule has 2 amide bonds. The van der Waals surface area contributed by atoms with Gasteiger partial charge in [-0.05, 0) is 44.4 Å². The highest BCUT2D eigenvalue weighted by Gasteiger charge is 2.31. The number of carbonyl (C=O) groups excluding carboxylic acids is 2. The van der Waals surface area contributed by atoms with Gasteiger partial charge >= 0.3 is 0 Å². The van der Waals surface area contributed by atoms with Crippen LogP contribution in [-0.2, 0) is 11.2 Å². The third-order valence-corrected chi connectivity index (χ3v) is 6.82. The molecule has 4 rings (SSSR count). The molecule has 30 heavy (non-hydrogen) atoms. The molecule has 6 nitrogen and oxygen atoms in total. The van der Waals surface area contributed by atoms with Gasteiger partial charge in [-0.15, -0.1) is 11.3 Å². The van der Waals surface area contributed by atoms with Crippen molar-refractivity contribution in [3.8, 4) is 0 Å². The summed E-state index contributed by atoms with van der Waals surface area (Å²) in [6, 6.07) is 9.45. The van der Waals surface area contributed by atoms with Gasteiger partial charge in [0, 0.05) is 36.3 Å². The summed E-state index contributed by atoms with van der Waals surface area (Å²) in [4.78, 5) is 38.7. The summed E-state index contributed by atoms with van der Waals surface area (Å²) in [5, 5.41) is 3.95. The number of likely N-dealkylation sites (tertiary alicyclic amines) is 1. The van der Waals surface area contributed by atoms with Gasteiger partial charge in [-0.1, -0.05) is 25.1 Å². The average molecular weight is 423 g/mol. The Kier molecular flexibility index (Phi) is 5.81. The van der Waals surface area contributed by atoms with E-state index in [2.05, 4.69) is 15.3 Å². The molecule has 1 unspecified atom stereocenters. The van der Waals surface area contributed by atoms with Crippen molar-refractivity contribution in [3.05, 3.63) is 52.3 Å². The standard InChI is InChI=1S/C23H26N4O2S/c1-4-18-24-15(3)19-14(2)20(30-22(19)26-18)23(29)27-12-8-9-16(13-27)21(28)25-17-10-6-5-7-11-17/h5-7,10-11,16H,4,8-9,12-13H2,1-3H3,(H,25,28). The maximum Gasteiger partial charge on any atom is 0.264 e. The molecular formula is C23H26N4O2S. The minimum absolute atomic E-state index is 0.00911. The van der Waals surface area contributed by atoms with Crippen molar-refractivity contribution in [1.29, 1.82) is 0 Å². The van der Waals surface area contributed by atoms with E-state index >= 15 is 0 Å². The Bertz CT molecular complexity index is 1090. The molecule has 1 aliphatic heterocycles. The number of hydrogen-bond acceptors (Lipinski definition) is 5. The zero-order valence-electron chi connectivity index (χ0n) is 17.6. The number of para-hydroxylation sites is 1. The lowest BCUT2D eigenvalue weighted by Gasteiger charge is -2.32. The number of thiophene rings is 1. The van der Waals surface area contributed by atoms with Crippen LogP contribution in [0.1, 0.15) is 46.5 Å². The van der Waals surface area contributed by atoms with Crippen LogP contribution < -0.4 is 5.32 Å². The van der Waals surface area contributed by atoms with Crippen molar-refractivity contribution in [1.82, 2.24) is 14.9 Å². The molecule has 0 spiro atoms. The van der Waals surface area contributed by atoms with Gasteiger partial charge in [0.1, 0.15) is 10.7 Å². The Balaban J connectivity index is 1.54. The smallest absolute Gasteiger partial charge is 0.264 e. The first kappa shape index (κ1) is 20.5. The van der Waals surface area contributed by atoms with E-state index in [0.717, 1.165) is 52.2 Å². The third kappa shape index (κ3) is 3.94. The van der Waals surface area contributed by atoms with Gasteiger partial charge in [0.05, 0.1) is 10.8 Å². The summed E-state index contributed by atoms with van der Waals surface area (Å²) in [6.45, 7) is 7.09. The molecule has 7 heteroatoms. The normalized spacial score (nSPS) is 16.6. The summed E-state index contributed by atoms with van der Waals surface area (Å²) in [6.07, 6.45) is 2.38. The van der Waals surface area contributed by atoms with E-state index < -0.39 is 0 Å². The largest absolute Gasteiger partial charge is 0.337 e. The number of hydrogen-bond donors (Lipinski definition) is 1. The molecule has 0 aliphatic carbocycles. The van der Waals surface area contributed by atoms with Crippen molar-refractivity contribution in [2.75, 3.05) is 18.4 Å². The van der Waals surface area contributed by atoms with E-state index in [4.69, 9.17) is 0 Å². The van der Waals surface area contributed by atoms with Crippen LogP contribution in [-0.4, -0.2) is 39.8 Å². The second kappa shape index (κ2) is 8.52. The molecule has 1 saturated heterocycles. The molecule has 1 aliphatic rings. The van der Waals surface area contributed by atoms with Gasteiger partial charge in [0.15, 0.2) is 0 Å². The van der Waals surface area contributed by atoms with Crippen molar-refractivity contribution in [3.63, 3.8) is 0 Å². The number of carbonyl (C=O) groups is 2. The fourth-order valence-electron chi connectivity index (χ4n) is 4.04. The van der Waals surface area contributed by atoms with Gasteiger partial charge in [-0.25, -0.2) is 9.97 Å². The maximum absolute atomic E-state index is 13.3. The molecule has 1 N–H and O–H groups in total. The second-order valence-corrected chi connectivity index (χ2v) is 8.76. The summed E-state index contributed by atoms with van der Waals surface area (Å²) in [5.74, 6) is 0.563. The number of aryl methyl sites for hydroxylation is 3. The fourth-order valence-corrected chi connectivity index (χ4v) is 5.26. The Hall–Kier alpha value is -2.80. The van der Waals surface area contributed by atoms with E-state index in [1.54, 1.807) is 0 Å². The minimum Gasteiger partial charge on any atom is -0.337 e. The van der Waals surface area contributed by atoms with Crippen LogP contribution in [0.25, 0.3) is 10.2 Å². The van der Waals surface area contributed by atoms with Crippen LogP contribution in [0.3, 0.4) is 0 Å². The molecule has 0 saturated carbocycles. The highest BCUT2D eigenvalue weighted by Crippen LogP contribution is 2.33. The van der Waals surface area contributed by atoms with Crippen LogP contribution in [0.15, 0.2) is 30.3 Å². The average Bonchev–Trinajstić information content (AvgIpc) is 3.10. The molecular weight excluding hydrogens is 396 g/mol. The Morgan fingerprint density at radius 3 is 2.70 bits per heavy atom. The van der Waals surface area contributed by atoms with Gasteiger partial charge in [0.25, 0.3) is 5.91 Å². The van der Waals surface area contributed by atoms with Crippen LogP contribution in [0.4, 0.5) is 5.69 Å². The lowest BCUT2D eigenvalue weighted by Crippen LogP contribution is -2.43. The van der Waals surface area contributed by atoms with Crippen molar-refractivity contribution >= 4 is 39.1 Å². The lowest BCUT2D eigenvalue weighted by atomic mass is 9.96. The molecule has 3 heterocycles. The quantitative estimate of drug-likeness (QED) is 0.678. The minimum atomic E-state index is -0.203. The van der Waals surface area contributed by atoms with E-state index in [1.165, 1.54) is 11.3 Å². The van der Waals surface area contributed by atoms with Crippen molar-refractivity contribution in [2.24, 2.45) is 5.92 Å². The van der Waals surface area contributed by atoms with Gasteiger partial charge < -0.3 is 10.2 Å². The van der Waals surface area contributed by atoms with Crippen molar-refractivity contribution in [2.45, 2.75) is 40.0 Å². The Labute approximate surface area is 180 Å². The molecule has 156 valence electrons. The predicted molar refractivity (Wildman–Crippen MR) is 120 cm³/mol. The number of fused-ring (bicyclic) bond motifs is 1. The van der Waals surface area contributed by atoms with E-state index in [-0.39, 0.29) is 17.7 Å². The molecule has 2 aromatic heterocycles. The SMILES string of the molecule is CCc1nc(C)c2c(C)c(C(=O)N3CCCC(C(=O)Nc4ccccc4)C3)sc2n1. The number of benzene rings is 1. The maximum atomic E-state index is 13.3. The molecule has 3 aromatic rings. The number of nitrogens with one attached hydrogen (secondary N) is 1. The van der Waals surface area contributed by atoms with Crippen LogP contribution in [0.2, 0.25) is 0 Å².